The van der Waals surface area contributed by atoms with Crippen LogP contribution < -0.4 is 5.32 Å². The number of nitrogens with one attached hydrogen (secondary N) is 2. The van der Waals surface area contributed by atoms with Gasteiger partial charge < -0.3 is 15.5 Å². The predicted molar refractivity (Wildman–Crippen MR) is 47.1 cm³/mol. The van der Waals surface area contributed by atoms with E-state index in [0.717, 1.165) is 0 Å². The average molecular weight is 214 g/mol. The van der Waals surface area contributed by atoms with Gasteiger partial charge in [-0.2, -0.15) is 0 Å². The van der Waals surface area contributed by atoms with Crippen molar-refractivity contribution in [3.8, 4) is 0 Å². The van der Waals surface area contributed by atoms with Crippen molar-refractivity contribution in [2.75, 3.05) is 6.61 Å². The van der Waals surface area contributed by atoms with Crippen LogP contribution in [0.1, 0.15) is 16.4 Å². The first-order valence-corrected chi connectivity index (χ1v) is 4.08. The van der Waals surface area contributed by atoms with E-state index in [4.69, 9.17) is 10.2 Å². The molecule has 1 rings (SSSR count). The summed E-state index contributed by atoms with van der Waals surface area (Å²) >= 11 is 0. The summed E-state index contributed by atoms with van der Waals surface area (Å²) in [5, 5.41) is 25.2. The van der Waals surface area contributed by atoms with Crippen LogP contribution in [-0.2, 0) is 4.79 Å². The van der Waals surface area contributed by atoms with Gasteiger partial charge in [-0.1, -0.05) is 0 Å². The van der Waals surface area contributed by atoms with Crippen LogP contribution in [0, 0.1) is 6.92 Å². The van der Waals surface area contributed by atoms with Crippen LogP contribution in [0.4, 0.5) is 0 Å². The van der Waals surface area contributed by atoms with Crippen molar-refractivity contribution < 1.29 is 19.8 Å². The highest BCUT2D eigenvalue weighted by Crippen LogP contribution is 1.92. The van der Waals surface area contributed by atoms with E-state index in [-0.39, 0.29) is 5.82 Å². The molecule has 0 spiro atoms. The van der Waals surface area contributed by atoms with Crippen molar-refractivity contribution >= 4 is 11.9 Å². The summed E-state index contributed by atoms with van der Waals surface area (Å²) in [6.45, 7) is 0.912. The lowest BCUT2D eigenvalue weighted by Crippen LogP contribution is -2.43. The monoisotopic (exact) mass is 214 g/mol. The van der Waals surface area contributed by atoms with E-state index in [2.05, 4.69) is 20.5 Å². The van der Waals surface area contributed by atoms with Crippen molar-refractivity contribution in [1.82, 2.24) is 20.5 Å². The van der Waals surface area contributed by atoms with Crippen LogP contribution in [0.2, 0.25) is 0 Å². The highest BCUT2D eigenvalue weighted by molar-refractivity contribution is 5.93. The van der Waals surface area contributed by atoms with Gasteiger partial charge in [0.25, 0.3) is 5.91 Å². The largest absolute Gasteiger partial charge is 0.480 e. The number of aromatic nitrogens is 3. The molecule has 8 heteroatoms. The lowest BCUT2D eigenvalue weighted by Gasteiger charge is -2.09. The Morgan fingerprint density at radius 3 is 2.67 bits per heavy atom. The van der Waals surface area contributed by atoms with Crippen LogP contribution in [0.15, 0.2) is 0 Å². The molecule has 0 fully saturated rings. The van der Waals surface area contributed by atoms with Crippen molar-refractivity contribution in [3.05, 3.63) is 11.6 Å². The first-order valence-electron chi connectivity index (χ1n) is 4.08. The van der Waals surface area contributed by atoms with Gasteiger partial charge in [0.05, 0.1) is 6.61 Å². The second-order valence-electron chi connectivity index (χ2n) is 2.79. The number of carbonyl (C=O) groups is 2. The Kier molecular flexibility index (Phi) is 3.34. The molecule has 0 aliphatic carbocycles. The number of nitrogens with zero attached hydrogens (tertiary/aromatic N) is 2. The van der Waals surface area contributed by atoms with Crippen molar-refractivity contribution in [2.45, 2.75) is 13.0 Å². The summed E-state index contributed by atoms with van der Waals surface area (Å²) in [5.74, 6) is -1.79. The third-order valence-electron chi connectivity index (χ3n) is 1.59. The number of aliphatic carboxylic acids is 1. The molecule has 1 unspecified atom stereocenters. The molecule has 1 heterocycles. The van der Waals surface area contributed by atoms with Crippen LogP contribution in [0.25, 0.3) is 0 Å². The maximum Gasteiger partial charge on any atom is 0.328 e. The van der Waals surface area contributed by atoms with Gasteiger partial charge in [-0.15, -0.1) is 5.10 Å². The second-order valence-corrected chi connectivity index (χ2v) is 2.79. The number of hydrogen-bond acceptors (Lipinski definition) is 5. The Balaban J connectivity index is 2.66. The molecule has 0 aromatic carbocycles. The fraction of sp³-hybridized carbons (Fsp3) is 0.429. The van der Waals surface area contributed by atoms with Gasteiger partial charge in [-0.3, -0.25) is 9.89 Å². The lowest BCUT2D eigenvalue weighted by molar-refractivity contribution is -0.140. The molecule has 4 N–H and O–H groups in total. The van der Waals surface area contributed by atoms with Crippen LogP contribution in [0.5, 0.6) is 0 Å². The standard InChI is InChI=1S/C7H10N4O4/c1-3-8-5(11-10-3)6(13)9-4(2-12)7(14)15/h4,12H,2H2,1H3,(H,9,13)(H,14,15)(H,8,10,11). The number of aliphatic hydroxyl groups excluding tert-OH is 1. The number of hydrogen-bond donors (Lipinski definition) is 4. The molecular weight excluding hydrogens is 204 g/mol. The number of amides is 1. The number of carboxylic acids is 1. The highest BCUT2D eigenvalue weighted by atomic mass is 16.4. The van der Waals surface area contributed by atoms with Gasteiger partial charge in [0, 0.05) is 0 Å². The Labute approximate surface area is 84.3 Å². The zero-order valence-corrected chi connectivity index (χ0v) is 7.89. The van der Waals surface area contributed by atoms with E-state index in [1.165, 1.54) is 0 Å². The average Bonchev–Trinajstić information content (AvgIpc) is 2.60. The van der Waals surface area contributed by atoms with E-state index >= 15 is 0 Å². The minimum atomic E-state index is -1.35. The SMILES string of the molecule is Cc1nc(C(=O)NC(CO)C(=O)O)n[nH]1. The molecule has 0 bridgehead atoms. The summed E-state index contributed by atoms with van der Waals surface area (Å²) in [7, 11) is 0. The summed E-state index contributed by atoms with van der Waals surface area (Å²) < 4.78 is 0. The lowest BCUT2D eigenvalue weighted by atomic mass is 10.3. The maximum atomic E-state index is 11.3. The van der Waals surface area contributed by atoms with Crippen LogP contribution >= 0.6 is 0 Å². The molecule has 0 aliphatic rings. The van der Waals surface area contributed by atoms with Crippen molar-refractivity contribution in [2.24, 2.45) is 0 Å². The molecule has 8 nitrogen and oxygen atoms in total. The number of aryl methyl sites for hydroxylation is 1. The number of carbonyl (C=O) groups excluding carboxylic acids is 1. The van der Waals surface area contributed by atoms with Gasteiger partial charge in [0.2, 0.25) is 5.82 Å². The molecule has 0 radical (unpaired) electrons. The third-order valence-corrected chi connectivity index (χ3v) is 1.59. The molecule has 0 saturated heterocycles. The maximum absolute atomic E-state index is 11.3. The summed E-state index contributed by atoms with van der Waals surface area (Å²) in [6.07, 6.45) is 0. The third kappa shape index (κ3) is 2.74. The fourth-order valence-corrected chi connectivity index (χ4v) is 0.853. The zero-order chi connectivity index (χ0) is 11.4. The Hall–Kier alpha value is -1.96. The number of carboxylic acid groups (broad SMARTS) is 1. The topological polar surface area (TPSA) is 128 Å². The van der Waals surface area contributed by atoms with Gasteiger partial charge in [0.15, 0.2) is 6.04 Å². The van der Waals surface area contributed by atoms with Gasteiger partial charge >= 0.3 is 5.97 Å². The van der Waals surface area contributed by atoms with Gasteiger partial charge in [0.1, 0.15) is 5.82 Å². The van der Waals surface area contributed by atoms with Gasteiger partial charge in [-0.25, -0.2) is 9.78 Å². The molecule has 1 amide bonds. The van der Waals surface area contributed by atoms with Crippen molar-refractivity contribution in [1.29, 1.82) is 0 Å². The number of aromatic amines is 1. The Morgan fingerprint density at radius 2 is 2.27 bits per heavy atom. The molecule has 1 atom stereocenters. The molecule has 0 saturated carbocycles. The molecule has 1 aromatic rings. The summed E-state index contributed by atoms with van der Waals surface area (Å²) in [5.41, 5.74) is 0. The van der Waals surface area contributed by atoms with E-state index in [9.17, 15) is 9.59 Å². The second kappa shape index (κ2) is 4.51. The fourth-order valence-electron chi connectivity index (χ4n) is 0.853. The van der Waals surface area contributed by atoms with E-state index < -0.39 is 24.5 Å². The van der Waals surface area contributed by atoms with Gasteiger partial charge in [-0.05, 0) is 6.92 Å². The number of aliphatic hydroxyl groups is 1. The number of H-pyrrole nitrogens is 1. The number of rotatable bonds is 4. The quantitative estimate of drug-likeness (QED) is 0.472. The smallest absolute Gasteiger partial charge is 0.328 e. The first kappa shape index (κ1) is 11.1. The van der Waals surface area contributed by atoms with E-state index in [0.29, 0.717) is 5.82 Å². The summed E-state index contributed by atoms with van der Waals surface area (Å²) in [6, 6.07) is -1.35. The minimum absolute atomic E-state index is 0.160. The van der Waals surface area contributed by atoms with Crippen LogP contribution in [0.3, 0.4) is 0 Å². The predicted octanol–water partition coefficient (Wildman–Crippen LogP) is -1.71. The molecule has 82 valence electrons. The molecule has 0 aliphatic heterocycles. The Bertz CT molecular complexity index is 375. The van der Waals surface area contributed by atoms with E-state index in [1.54, 1.807) is 6.92 Å². The van der Waals surface area contributed by atoms with Crippen molar-refractivity contribution in [3.63, 3.8) is 0 Å². The highest BCUT2D eigenvalue weighted by Gasteiger charge is 2.21. The first-order chi connectivity index (χ1) is 7.04. The van der Waals surface area contributed by atoms with E-state index in [1.807, 2.05) is 0 Å². The Morgan fingerprint density at radius 1 is 1.60 bits per heavy atom. The normalized spacial score (nSPS) is 12.1. The molecule has 15 heavy (non-hydrogen) atoms. The molecular formula is C7H10N4O4. The summed E-state index contributed by atoms with van der Waals surface area (Å²) in [4.78, 5) is 25.5. The zero-order valence-electron chi connectivity index (χ0n) is 7.89. The minimum Gasteiger partial charge on any atom is -0.480 e. The van der Waals surface area contributed by atoms with Crippen LogP contribution in [-0.4, -0.2) is 49.9 Å². The molecule has 1 aromatic heterocycles.